The normalized spacial score (nSPS) is 10.7. The summed E-state index contributed by atoms with van der Waals surface area (Å²) in [6.45, 7) is -0.202. The van der Waals surface area contributed by atoms with Crippen LogP contribution in [0.25, 0.3) is 0 Å². The number of carbonyl (C=O) groups is 2. The maximum atomic E-state index is 12.1. The number of amides is 2. The molecule has 0 saturated carbocycles. The zero-order chi connectivity index (χ0) is 22.2. The van der Waals surface area contributed by atoms with Gasteiger partial charge in [-0.3, -0.25) is 9.59 Å². The van der Waals surface area contributed by atoms with Gasteiger partial charge in [0.05, 0.1) is 16.9 Å². The zero-order valence-electron chi connectivity index (χ0n) is 15.9. The Bertz CT molecular complexity index is 1120. The molecule has 3 aromatic carbocycles. The summed E-state index contributed by atoms with van der Waals surface area (Å²) in [5.41, 5.74) is 3.98. The molecule has 0 heterocycles. The van der Waals surface area contributed by atoms with Gasteiger partial charge in [0.2, 0.25) is 0 Å². The number of benzene rings is 3. The molecule has 0 saturated heterocycles. The molecule has 9 heteroatoms. The number of hydrazone groups is 1. The molecule has 0 bridgehead atoms. The van der Waals surface area contributed by atoms with Crippen molar-refractivity contribution in [2.75, 3.05) is 11.9 Å². The molecular formula is C22H16Cl3N3O3. The zero-order valence-corrected chi connectivity index (χ0v) is 18.2. The van der Waals surface area contributed by atoms with Crippen molar-refractivity contribution >= 4 is 58.5 Å². The minimum atomic E-state index is -0.376. The smallest absolute Gasteiger partial charge is 0.271 e. The lowest BCUT2D eigenvalue weighted by molar-refractivity contribution is -0.118. The molecule has 3 aromatic rings. The summed E-state index contributed by atoms with van der Waals surface area (Å²) in [6.07, 6.45) is 1.49. The Morgan fingerprint density at radius 1 is 0.935 bits per heavy atom. The molecular weight excluding hydrogens is 461 g/mol. The van der Waals surface area contributed by atoms with E-state index in [1.807, 2.05) is 0 Å². The summed E-state index contributed by atoms with van der Waals surface area (Å²) in [4.78, 5) is 24.1. The summed E-state index contributed by atoms with van der Waals surface area (Å²) < 4.78 is 5.46. The lowest BCUT2D eigenvalue weighted by Gasteiger charge is -2.09. The van der Waals surface area contributed by atoms with E-state index < -0.39 is 0 Å². The van der Waals surface area contributed by atoms with Crippen molar-refractivity contribution in [3.05, 3.63) is 92.9 Å². The molecule has 2 N–H and O–H groups in total. The molecule has 0 radical (unpaired) electrons. The maximum Gasteiger partial charge on any atom is 0.271 e. The van der Waals surface area contributed by atoms with Gasteiger partial charge in [-0.05, 0) is 66.2 Å². The van der Waals surface area contributed by atoms with Gasteiger partial charge in [0.25, 0.3) is 11.8 Å². The first-order valence-corrected chi connectivity index (χ1v) is 10.1. The fourth-order valence-electron chi connectivity index (χ4n) is 2.44. The van der Waals surface area contributed by atoms with Crippen LogP contribution in [0.15, 0.2) is 71.8 Å². The third kappa shape index (κ3) is 7.00. The van der Waals surface area contributed by atoms with E-state index in [2.05, 4.69) is 15.8 Å². The van der Waals surface area contributed by atoms with E-state index >= 15 is 0 Å². The molecule has 0 aliphatic rings. The van der Waals surface area contributed by atoms with Gasteiger partial charge in [0, 0.05) is 15.6 Å². The van der Waals surface area contributed by atoms with Crippen LogP contribution in [0.3, 0.4) is 0 Å². The van der Waals surface area contributed by atoms with Gasteiger partial charge in [0.15, 0.2) is 6.61 Å². The minimum absolute atomic E-state index is 0.202. The van der Waals surface area contributed by atoms with E-state index in [1.54, 1.807) is 66.7 Å². The summed E-state index contributed by atoms with van der Waals surface area (Å²) in [5, 5.41) is 7.86. The summed E-state index contributed by atoms with van der Waals surface area (Å²) in [7, 11) is 0. The highest BCUT2D eigenvalue weighted by molar-refractivity contribution is 6.35. The average Bonchev–Trinajstić information content (AvgIpc) is 2.75. The van der Waals surface area contributed by atoms with Crippen molar-refractivity contribution < 1.29 is 14.3 Å². The molecule has 0 aromatic heterocycles. The third-order valence-corrected chi connectivity index (χ3v) is 4.72. The second kappa shape index (κ2) is 10.8. The Morgan fingerprint density at radius 3 is 2.42 bits per heavy atom. The van der Waals surface area contributed by atoms with Gasteiger partial charge < -0.3 is 10.1 Å². The number of anilines is 1. The molecule has 6 nitrogen and oxygen atoms in total. The lowest BCUT2D eigenvalue weighted by atomic mass is 10.2. The number of hydrogen-bond acceptors (Lipinski definition) is 4. The van der Waals surface area contributed by atoms with Crippen LogP contribution < -0.4 is 15.5 Å². The van der Waals surface area contributed by atoms with Crippen molar-refractivity contribution in [3.63, 3.8) is 0 Å². The van der Waals surface area contributed by atoms with Gasteiger partial charge in [-0.1, -0.05) is 40.9 Å². The van der Waals surface area contributed by atoms with E-state index in [1.165, 1.54) is 6.21 Å². The molecule has 0 aliphatic heterocycles. The standard InChI is InChI=1S/C22H16Cl3N3O3/c23-16-3-1-2-15(10-16)22(30)28-26-12-14-4-7-18(8-5-14)31-13-21(29)27-20-11-17(24)6-9-19(20)25/h1-12H,13H2,(H,27,29)(H,28,30)/b26-12-. The highest BCUT2D eigenvalue weighted by Crippen LogP contribution is 2.25. The highest BCUT2D eigenvalue weighted by atomic mass is 35.5. The van der Waals surface area contributed by atoms with Crippen molar-refractivity contribution in [1.82, 2.24) is 5.43 Å². The topological polar surface area (TPSA) is 79.8 Å². The summed E-state index contributed by atoms with van der Waals surface area (Å²) in [6, 6.07) is 18.2. The first-order valence-electron chi connectivity index (χ1n) is 8.97. The molecule has 0 unspecified atom stereocenters. The Hall–Kier alpha value is -3.06. The average molecular weight is 477 g/mol. The first kappa shape index (κ1) is 22.6. The number of halogens is 3. The van der Waals surface area contributed by atoms with Crippen molar-refractivity contribution in [3.8, 4) is 5.75 Å². The van der Waals surface area contributed by atoms with Crippen LogP contribution in [-0.2, 0) is 4.79 Å². The third-order valence-electron chi connectivity index (χ3n) is 3.92. The Morgan fingerprint density at radius 2 is 1.68 bits per heavy atom. The number of nitrogens with zero attached hydrogens (tertiary/aromatic N) is 1. The van der Waals surface area contributed by atoms with Crippen LogP contribution in [0.2, 0.25) is 15.1 Å². The second-order valence-corrected chi connectivity index (χ2v) is 7.52. The molecule has 3 rings (SSSR count). The Labute approximate surface area is 193 Å². The minimum Gasteiger partial charge on any atom is -0.484 e. The van der Waals surface area contributed by atoms with Gasteiger partial charge in [-0.15, -0.1) is 0 Å². The molecule has 0 fully saturated rings. The lowest BCUT2D eigenvalue weighted by Crippen LogP contribution is -2.20. The van der Waals surface area contributed by atoms with Gasteiger partial charge in [-0.25, -0.2) is 5.43 Å². The van der Waals surface area contributed by atoms with Crippen LogP contribution in [0.5, 0.6) is 5.75 Å². The van der Waals surface area contributed by atoms with Gasteiger partial charge >= 0.3 is 0 Å². The van der Waals surface area contributed by atoms with Crippen LogP contribution >= 0.6 is 34.8 Å². The van der Waals surface area contributed by atoms with E-state index in [0.717, 1.165) is 5.56 Å². The molecule has 158 valence electrons. The summed E-state index contributed by atoms with van der Waals surface area (Å²) in [5.74, 6) is -0.254. The quantitative estimate of drug-likeness (QED) is 0.352. The predicted octanol–water partition coefficient (Wildman–Crippen LogP) is 5.43. The molecule has 0 atom stereocenters. The Kier molecular flexibility index (Phi) is 7.89. The van der Waals surface area contributed by atoms with E-state index in [0.29, 0.717) is 32.1 Å². The predicted molar refractivity (Wildman–Crippen MR) is 124 cm³/mol. The van der Waals surface area contributed by atoms with Crippen molar-refractivity contribution in [2.45, 2.75) is 0 Å². The van der Waals surface area contributed by atoms with Crippen LogP contribution in [0.1, 0.15) is 15.9 Å². The monoisotopic (exact) mass is 475 g/mol. The number of rotatable bonds is 7. The molecule has 0 aliphatic carbocycles. The fourth-order valence-corrected chi connectivity index (χ4v) is 2.97. The number of ether oxygens (including phenoxy) is 1. The van der Waals surface area contributed by atoms with Gasteiger partial charge in [-0.2, -0.15) is 5.10 Å². The van der Waals surface area contributed by atoms with Crippen LogP contribution in [-0.4, -0.2) is 24.6 Å². The number of carbonyl (C=O) groups excluding carboxylic acids is 2. The molecule has 2 amide bonds. The molecule has 0 spiro atoms. The highest BCUT2D eigenvalue weighted by Gasteiger charge is 2.08. The van der Waals surface area contributed by atoms with Crippen molar-refractivity contribution in [2.24, 2.45) is 5.10 Å². The van der Waals surface area contributed by atoms with Gasteiger partial charge in [0.1, 0.15) is 5.75 Å². The molecule has 31 heavy (non-hydrogen) atoms. The fraction of sp³-hybridized carbons (Fsp3) is 0.0455. The Balaban J connectivity index is 1.48. The maximum absolute atomic E-state index is 12.1. The van der Waals surface area contributed by atoms with Crippen LogP contribution in [0, 0.1) is 0 Å². The van der Waals surface area contributed by atoms with E-state index in [-0.39, 0.29) is 18.4 Å². The van der Waals surface area contributed by atoms with Crippen molar-refractivity contribution in [1.29, 1.82) is 0 Å². The van der Waals surface area contributed by atoms with E-state index in [4.69, 9.17) is 39.5 Å². The SMILES string of the molecule is O=C(COc1ccc(/C=N\NC(=O)c2cccc(Cl)c2)cc1)Nc1cc(Cl)ccc1Cl. The number of nitrogens with one attached hydrogen (secondary N) is 2. The summed E-state index contributed by atoms with van der Waals surface area (Å²) >= 11 is 17.8. The van der Waals surface area contributed by atoms with Crippen LogP contribution in [0.4, 0.5) is 5.69 Å². The second-order valence-electron chi connectivity index (χ2n) is 6.24. The number of hydrogen-bond donors (Lipinski definition) is 2. The first-order chi connectivity index (χ1) is 14.9. The van der Waals surface area contributed by atoms with E-state index in [9.17, 15) is 9.59 Å². The largest absolute Gasteiger partial charge is 0.484 e.